The van der Waals surface area contributed by atoms with Crippen LogP contribution in [0.1, 0.15) is 73.1 Å². The Morgan fingerprint density at radius 3 is 2.34 bits per heavy atom. The van der Waals surface area contributed by atoms with E-state index in [1.807, 2.05) is 0 Å². The molecule has 7 heteroatoms. The second kappa shape index (κ2) is 14.2. The number of anilines is 1. The largest absolute Gasteiger partial charge is 0.494 e. The van der Waals surface area contributed by atoms with Crippen molar-refractivity contribution in [3.63, 3.8) is 0 Å². The third-order valence-corrected chi connectivity index (χ3v) is 5.01. The lowest BCUT2D eigenvalue weighted by molar-refractivity contribution is 0.0950. The van der Waals surface area contributed by atoms with E-state index in [9.17, 15) is 9.59 Å². The van der Waals surface area contributed by atoms with Crippen LogP contribution in [0.25, 0.3) is 0 Å². The highest BCUT2D eigenvalue weighted by Gasteiger charge is 2.10. The number of nitrogens with one attached hydrogen (secondary N) is 3. The van der Waals surface area contributed by atoms with Gasteiger partial charge < -0.3 is 15.4 Å². The van der Waals surface area contributed by atoms with E-state index < -0.39 is 0 Å². The zero-order chi connectivity index (χ0) is 23.2. The average Bonchev–Trinajstić information content (AvgIpc) is 2.79. The van der Waals surface area contributed by atoms with Gasteiger partial charge in [-0.15, -0.1) is 0 Å². The Balaban J connectivity index is 1.83. The molecule has 0 unspecified atom stereocenters. The fourth-order valence-corrected chi connectivity index (χ4v) is 3.19. The van der Waals surface area contributed by atoms with E-state index in [1.165, 1.54) is 12.8 Å². The summed E-state index contributed by atoms with van der Waals surface area (Å²) in [7, 11) is 0. The summed E-state index contributed by atoms with van der Waals surface area (Å²) in [4.78, 5) is 24.7. The molecule has 0 aliphatic carbocycles. The minimum atomic E-state index is -0.314. The SMILES string of the molecule is CCCCCCOc1ccc(C(=O)NC(=S)Nc2cccc(C(=O)NCCCC)c2)cc1. The van der Waals surface area contributed by atoms with Crippen molar-refractivity contribution in [2.75, 3.05) is 18.5 Å². The lowest BCUT2D eigenvalue weighted by Crippen LogP contribution is -2.34. The highest BCUT2D eigenvalue weighted by atomic mass is 32.1. The molecule has 0 saturated carbocycles. The van der Waals surface area contributed by atoms with E-state index in [-0.39, 0.29) is 16.9 Å². The number of benzene rings is 2. The monoisotopic (exact) mass is 455 g/mol. The first-order chi connectivity index (χ1) is 15.5. The molecule has 0 atom stereocenters. The van der Waals surface area contributed by atoms with Crippen molar-refractivity contribution >= 4 is 34.8 Å². The van der Waals surface area contributed by atoms with Crippen LogP contribution >= 0.6 is 12.2 Å². The Bertz CT molecular complexity index is 884. The van der Waals surface area contributed by atoms with Gasteiger partial charge in [0, 0.05) is 23.4 Å². The lowest BCUT2D eigenvalue weighted by atomic mass is 10.2. The van der Waals surface area contributed by atoms with E-state index in [0.29, 0.717) is 30.0 Å². The number of ether oxygens (including phenoxy) is 1. The lowest BCUT2D eigenvalue weighted by Gasteiger charge is -2.11. The van der Waals surface area contributed by atoms with Crippen LogP contribution in [-0.4, -0.2) is 30.1 Å². The fourth-order valence-electron chi connectivity index (χ4n) is 2.98. The van der Waals surface area contributed by atoms with Crippen molar-refractivity contribution in [1.82, 2.24) is 10.6 Å². The van der Waals surface area contributed by atoms with Gasteiger partial charge in [0.2, 0.25) is 0 Å². The van der Waals surface area contributed by atoms with Crippen LogP contribution < -0.4 is 20.7 Å². The molecule has 0 fully saturated rings. The summed E-state index contributed by atoms with van der Waals surface area (Å²) in [5.41, 5.74) is 1.65. The first-order valence-electron chi connectivity index (χ1n) is 11.3. The minimum Gasteiger partial charge on any atom is -0.494 e. The molecule has 0 aliphatic rings. The number of thiocarbonyl (C=S) groups is 1. The number of hydrogen-bond acceptors (Lipinski definition) is 4. The summed E-state index contributed by atoms with van der Waals surface area (Å²) in [6.07, 6.45) is 6.55. The van der Waals surface area contributed by atoms with Gasteiger partial charge in [-0.2, -0.15) is 0 Å². The normalized spacial score (nSPS) is 10.3. The molecular formula is C25H33N3O3S. The Hall–Kier alpha value is -2.93. The number of rotatable bonds is 12. The predicted octanol–water partition coefficient (Wildman–Crippen LogP) is 5.30. The molecule has 2 aromatic rings. The molecule has 0 saturated heterocycles. The van der Waals surface area contributed by atoms with E-state index in [2.05, 4.69) is 29.8 Å². The molecule has 2 amide bonds. The van der Waals surface area contributed by atoms with Gasteiger partial charge in [-0.3, -0.25) is 14.9 Å². The van der Waals surface area contributed by atoms with Gasteiger partial charge in [-0.25, -0.2) is 0 Å². The maximum Gasteiger partial charge on any atom is 0.257 e. The van der Waals surface area contributed by atoms with Crippen molar-refractivity contribution in [2.45, 2.75) is 52.4 Å². The zero-order valence-electron chi connectivity index (χ0n) is 18.9. The van der Waals surface area contributed by atoms with Gasteiger partial charge in [0.05, 0.1) is 6.61 Å². The van der Waals surface area contributed by atoms with Gasteiger partial charge in [0.25, 0.3) is 11.8 Å². The van der Waals surface area contributed by atoms with Crippen molar-refractivity contribution < 1.29 is 14.3 Å². The minimum absolute atomic E-state index is 0.135. The van der Waals surface area contributed by atoms with Gasteiger partial charge in [0.15, 0.2) is 5.11 Å². The van der Waals surface area contributed by atoms with Crippen molar-refractivity contribution in [3.05, 3.63) is 59.7 Å². The predicted molar refractivity (Wildman–Crippen MR) is 133 cm³/mol. The second-order valence-corrected chi connectivity index (χ2v) is 7.94. The molecule has 0 aromatic heterocycles. The fraction of sp³-hybridized carbons (Fsp3) is 0.400. The molecule has 2 rings (SSSR count). The first-order valence-corrected chi connectivity index (χ1v) is 11.7. The maximum atomic E-state index is 12.5. The maximum absolute atomic E-state index is 12.5. The average molecular weight is 456 g/mol. The molecule has 0 radical (unpaired) electrons. The molecule has 3 N–H and O–H groups in total. The molecule has 32 heavy (non-hydrogen) atoms. The third-order valence-electron chi connectivity index (χ3n) is 4.81. The van der Waals surface area contributed by atoms with Crippen LogP contribution in [0.3, 0.4) is 0 Å². The molecule has 0 aliphatic heterocycles. The van der Waals surface area contributed by atoms with Gasteiger partial charge in [-0.05, 0) is 67.5 Å². The molecular weight excluding hydrogens is 422 g/mol. The highest BCUT2D eigenvalue weighted by Crippen LogP contribution is 2.14. The van der Waals surface area contributed by atoms with Crippen molar-refractivity contribution in [3.8, 4) is 5.75 Å². The Morgan fingerprint density at radius 2 is 1.62 bits per heavy atom. The van der Waals surface area contributed by atoms with E-state index in [1.54, 1.807) is 48.5 Å². The van der Waals surface area contributed by atoms with Crippen LogP contribution in [0.5, 0.6) is 5.75 Å². The smallest absolute Gasteiger partial charge is 0.257 e. The molecule has 6 nitrogen and oxygen atoms in total. The summed E-state index contributed by atoms with van der Waals surface area (Å²) < 4.78 is 5.71. The summed E-state index contributed by atoms with van der Waals surface area (Å²) >= 11 is 5.26. The van der Waals surface area contributed by atoms with Gasteiger partial charge >= 0.3 is 0 Å². The zero-order valence-corrected chi connectivity index (χ0v) is 19.7. The number of unbranched alkanes of at least 4 members (excludes halogenated alkanes) is 4. The second-order valence-electron chi connectivity index (χ2n) is 7.53. The Labute approximate surface area is 196 Å². The quantitative estimate of drug-likeness (QED) is 0.299. The number of amides is 2. The standard InChI is InChI=1S/C25H33N3O3S/c1-3-5-7-8-17-31-22-14-12-19(13-15-22)24(30)28-25(32)27-21-11-9-10-20(18-21)23(29)26-16-6-4-2/h9-15,18H,3-8,16-17H2,1-2H3,(H,26,29)(H2,27,28,30,32). The molecule has 0 heterocycles. The van der Waals surface area contributed by atoms with Crippen LogP contribution in [0, 0.1) is 0 Å². The highest BCUT2D eigenvalue weighted by molar-refractivity contribution is 7.80. The van der Waals surface area contributed by atoms with Gasteiger partial charge in [-0.1, -0.05) is 45.6 Å². The topological polar surface area (TPSA) is 79.5 Å². The number of carbonyl (C=O) groups excluding carboxylic acids is 2. The molecule has 172 valence electrons. The van der Waals surface area contributed by atoms with Crippen molar-refractivity contribution in [2.24, 2.45) is 0 Å². The molecule has 2 aromatic carbocycles. The molecule has 0 bridgehead atoms. The van der Waals surface area contributed by atoms with Crippen molar-refractivity contribution in [1.29, 1.82) is 0 Å². The summed E-state index contributed by atoms with van der Waals surface area (Å²) in [5, 5.41) is 8.66. The first kappa shape index (κ1) is 25.3. The van der Waals surface area contributed by atoms with E-state index in [0.717, 1.165) is 31.4 Å². The summed E-state index contributed by atoms with van der Waals surface area (Å²) in [6.45, 7) is 5.57. The summed E-state index contributed by atoms with van der Waals surface area (Å²) in [5.74, 6) is 0.294. The van der Waals surface area contributed by atoms with Gasteiger partial charge in [0.1, 0.15) is 5.75 Å². The van der Waals surface area contributed by atoms with E-state index in [4.69, 9.17) is 17.0 Å². The van der Waals surface area contributed by atoms with E-state index >= 15 is 0 Å². The van der Waals surface area contributed by atoms with Crippen LogP contribution in [0.2, 0.25) is 0 Å². The number of carbonyl (C=O) groups is 2. The van der Waals surface area contributed by atoms with Crippen LogP contribution in [-0.2, 0) is 0 Å². The number of hydrogen-bond donors (Lipinski definition) is 3. The Morgan fingerprint density at radius 1 is 0.875 bits per heavy atom. The van der Waals surface area contributed by atoms with Crippen LogP contribution in [0.15, 0.2) is 48.5 Å². The molecule has 0 spiro atoms. The summed E-state index contributed by atoms with van der Waals surface area (Å²) in [6, 6.07) is 14.0. The third kappa shape index (κ3) is 9.06. The Kier molecular flexibility index (Phi) is 11.2. The van der Waals surface area contributed by atoms with Crippen LogP contribution in [0.4, 0.5) is 5.69 Å².